The summed E-state index contributed by atoms with van der Waals surface area (Å²) in [7, 11) is 2.86. The van der Waals surface area contributed by atoms with Crippen molar-refractivity contribution in [1.29, 1.82) is 0 Å². The van der Waals surface area contributed by atoms with Crippen molar-refractivity contribution in [3.63, 3.8) is 0 Å². The van der Waals surface area contributed by atoms with Gasteiger partial charge in [-0.2, -0.15) is 23.8 Å². The summed E-state index contributed by atoms with van der Waals surface area (Å²) < 4.78 is 49.0. The fourth-order valence-electron chi connectivity index (χ4n) is 8.17. The Kier molecular flexibility index (Phi) is 19.2. The van der Waals surface area contributed by atoms with E-state index in [2.05, 4.69) is 61.5 Å². The van der Waals surface area contributed by atoms with Crippen molar-refractivity contribution in [3.05, 3.63) is 164 Å². The largest absolute Gasteiger partial charge is 0.470 e. The number of nitrogens with zero attached hydrogens (tertiary/aromatic N) is 8. The Balaban J connectivity index is 0.000000171. The number of hydrogen-bond donors (Lipinski definition) is 3. The number of anilines is 1. The van der Waals surface area contributed by atoms with Crippen LogP contribution in [-0.2, 0) is 34.4 Å². The summed E-state index contributed by atoms with van der Waals surface area (Å²) in [6.45, 7) is 8.97. The minimum Gasteiger partial charge on any atom is -0.470 e. The molecule has 1 fully saturated rings. The van der Waals surface area contributed by atoms with E-state index in [4.69, 9.17) is 70.9 Å². The molecule has 17 nitrogen and oxygen atoms in total. The molecular formula is C53H55Cl3F2N10O7S. The highest BCUT2D eigenvalue weighted by Gasteiger charge is 2.58. The smallest absolute Gasteiger partial charge is 0.280 e. The van der Waals surface area contributed by atoms with Crippen LogP contribution in [0.3, 0.4) is 0 Å². The average molecular weight is 1120 g/mol. The lowest BCUT2D eigenvalue weighted by molar-refractivity contribution is 0.00727. The molecule has 4 heterocycles. The van der Waals surface area contributed by atoms with Gasteiger partial charge in [0.2, 0.25) is 16.5 Å². The van der Waals surface area contributed by atoms with E-state index in [1.807, 2.05) is 48.5 Å². The number of H-pyrrole nitrogens is 1. The quantitative estimate of drug-likeness (QED) is 0.0338. The Hall–Kier alpha value is -6.97. The zero-order chi connectivity index (χ0) is 54.6. The van der Waals surface area contributed by atoms with Gasteiger partial charge in [-0.25, -0.2) is 9.67 Å². The summed E-state index contributed by atoms with van der Waals surface area (Å²) in [5.41, 5.74) is 2.53. The molecule has 0 bridgehead atoms. The maximum atomic E-state index is 15.1. The topological polar surface area (TPSA) is 197 Å². The van der Waals surface area contributed by atoms with Crippen molar-refractivity contribution in [1.82, 2.24) is 34.5 Å². The highest BCUT2D eigenvalue weighted by Crippen LogP contribution is 2.53. The van der Waals surface area contributed by atoms with E-state index in [1.54, 1.807) is 60.1 Å². The molecule has 2 aliphatic rings. The van der Waals surface area contributed by atoms with Gasteiger partial charge in [-0.15, -0.1) is 11.6 Å². The zero-order valence-electron chi connectivity index (χ0n) is 42.3. The molecule has 2 atom stereocenters. The number of carbonyl (C=O) groups excluding carboxylic acids is 1. The molecule has 7 aromatic rings. The van der Waals surface area contributed by atoms with Gasteiger partial charge in [0.15, 0.2) is 12.3 Å². The Bertz CT molecular complexity index is 3260. The first-order chi connectivity index (χ1) is 36.4. The van der Waals surface area contributed by atoms with Gasteiger partial charge in [-0.1, -0.05) is 110 Å². The standard InChI is InChI=1S/C21H16ClFN4O5.C18H24FN3O.C14H15Cl2N3OS/c1-28-26-18(21-27-30-11-10-29-21)13-6-2-4-8-15(13)31-19-17(23)20(25-12-24-19)32-16-9-5-3-7-14(16)22;1-11(2)10-12(3)14-8-6-7-9-15(14)20-18(23)16-13(4)21-22(5)17(16)19;15-11-4-2-1-3-10(11)7-14(20,13(16)5-6-13)8-19-12(21)17-9-18-19/h2-9,12H,10-11H2,1H3;6-9,11-12H,10H2,1-5H3,(H,20,23);1-4,9,20H,5-8H2,(H,17,18,21)/b26-18+;;. The number of amides is 1. The first-order valence-corrected chi connectivity index (χ1v) is 25.4. The summed E-state index contributed by atoms with van der Waals surface area (Å²) in [5.74, 6) is -1.29. The van der Waals surface area contributed by atoms with Crippen LogP contribution in [0.5, 0.6) is 23.3 Å². The normalized spacial score (nSPS) is 14.8. The predicted molar refractivity (Wildman–Crippen MR) is 288 cm³/mol. The molecule has 4 aromatic carbocycles. The van der Waals surface area contributed by atoms with Crippen molar-refractivity contribution < 1.29 is 42.6 Å². The van der Waals surface area contributed by atoms with Gasteiger partial charge < -0.3 is 34.3 Å². The van der Waals surface area contributed by atoms with Crippen molar-refractivity contribution in [2.75, 3.05) is 25.6 Å². The minimum atomic E-state index is -1.13. The second-order valence-electron chi connectivity index (χ2n) is 18.1. The van der Waals surface area contributed by atoms with E-state index in [9.17, 15) is 14.3 Å². The molecule has 3 N–H and O–H groups in total. The van der Waals surface area contributed by atoms with Crippen LogP contribution in [0.25, 0.3) is 0 Å². The van der Waals surface area contributed by atoms with Gasteiger partial charge in [0, 0.05) is 24.2 Å². The van der Waals surface area contributed by atoms with Gasteiger partial charge in [0.05, 0.1) is 27.7 Å². The average Bonchev–Trinajstić information content (AvgIpc) is 3.99. The Labute approximate surface area is 457 Å². The molecule has 1 aliphatic heterocycles. The first kappa shape index (κ1) is 56.8. The van der Waals surface area contributed by atoms with Gasteiger partial charge in [-0.3, -0.25) is 14.6 Å². The predicted octanol–water partition coefficient (Wildman–Crippen LogP) is 12.2. The number of hydrogen-bond acceptors (Lipinski definition) is 14. The third-order valence-corrected chi connectivity index (χ3v) is 13.7. The van der Waals surface area contributed by atoms with Crippen LogP contribution >= 0.6 is 47.0 Å². The number of nitrogens with one attached hydrogen (secondary N) is 2. The Morgan fingerprint density at radius 2 is 1.58 bits per heavy atom. The monoisotopic (exact) mass is 1120 g/mol. The molecule has 1 amide bonds. The Morgan fingerprint density at radius 3 is 2.18 bits per heavy atom. The van der Waals surface area contributed by atoms with Crippen molar-refractivity contribution in [2.24, 2.45) is 23.3 Å². The van der Waals surface area contributed by atoms with Gasteiger partial charge in [-0.05, 0) is 103 Å². The molecule has 400 valence electrons. The summed E-state index contributed by atoms with van der Waals surface area (Å²) in [5, 5.41) is 29.6. The highest BCUT2D eigenvalue weighted by atomic mass is 35.5. The lowest BCUT2D eigenvalue weighted by Crippen LogP contribution is -2.47. The summed E-state index contributed by atoms with van der Waals surface area (Å²) >= 11 is 24.0. The molecule has 2 unspecified atom stereocenters. The molecule has 3 aromatic heterocycles. The van der Waals surface area contributed by atoms with Crippen LogP contribution in [0.15, 0.2) is 120 Å². The second-order valence-corrected chi connectivity index (χ2v) is 20.0. The number of aromatic nitrogens is 7. The van der Waals surface area contributed by atoms with Gasteiger partial charge in [0.1, 0.15) is 49.0 Å². The molecule has 9 rings (SSSR count). The van der Waals surface area contributed by atoms with E-state index >= 15 is 4.39 Å². The van der Waals surface area contributed by atoms with Crippen LogP contribution in [-0.4, -0.2) is 87.9 Å². The lowest BCUT2D eigenvalue weighted by atomic mass is 9.89. The molecule has 0 saturated heterocycles. The minimum absolute atomic E-state index is 0.00110. The van der Waals surface area contributed by atoms with Crippen molar-refractivity contribution >= 4 is 70.2 Å². The van der Waals surface area contributed by atoms with E-state index < -0.39 is 28.1 Å². The lowest BCUT2D eigenvalue weighted by Gasteiger charge is -2.33. The number of carbonyl (C=O) groups is 1. The van der Waals surface area contributed by atoms with Gasteiger partial charge in [0.25, 0.3) is 23.6 Å². The summed E-state index contributed by atoms with van der Waals surface area (Å²) in [4.78, 5) is 33.5. The van der Waals surface area contributed by atoms with Crippen LogP contribution < -0.4 is 14.8 Å². The molecule has 0 radical (unpaired) electrons. The van der Waals surface area contributed by atoms with Crippen LogP contribution in [0, 0.1) is 29.4 Å². The number of oxime groups is 2. The number of alkyl halides is 1. The van der Waals surface area contributed by atoms with Crippen LogP contribution in [0.2, 0.25) is 10.0 Å². The number of halogens is 5. The highest BCUT2D eigenvalue weighted by molar-refractivity contribution is 7.71. The molecule has 1 saturated carbocycles. The third kappa shape index (κ3) is 14.1. The van der Waals surface area contributed by atoms with E-state index in [0.29, 0.717) is 50.9 Å². The molecule has 76 heavy (non-hydrogen) atoms. The zero-order valence-corrected chi connectivity index (χ0v) is 45.4. The molecular weight excluding hydrogens is 1070 g/mol. The van der Waals surface area contributed by atoms with E-state index in [1.165, 1.54) is 20.5 Å². The summed E-state index contributed by atoms with van der Waals surface area (Å²) in [6.07, 6.45) is 5.56. The molecule has 23 heteroatoms. The maximum Gasteiger partial charge on any atom is 0.280 e. The fourth-order valence-corrected chi connectivity index (χ4v) is 8.94. The fraction of sp³-hybridized carbons (Fsp3) is 0.321. The van der Waals surface area contributed by atoms with Crippen LogP contribution in [0.1, 0.15) is 78.7 Å². The Morgan fingerprint density at radius 1 is 0.934 bits per heavy atom. The molecule has 0 spiro atoms. The van der Waals surface area contributed by atoms with Crippen molar-refractivity contribution in [2.45, 2.75) is 76.3 Å². The second kappa shape index (κ2) is 25.7. The number of aliphatic hydroxyl groups is 1. The number of para-hydroxylation sites is 3. The molecule has 1 aliphatic carbocycles. The van der Waals surface area contributed by atoms with Gasteiger partial charge >= 0.3 is 0 Å². The van der Waals surface area contributed by atoms with Crippen LogP contribution in [0.4, 0.5) is 14.5 Å². The van der Waals surface area contributed by atoms with E-state index in [-0.39, 0.29) is 53.6 Å². The number of aromatic amines is 1. The maximum absolute atomic E-state index is 15.1. The van der Waals surface area contributed by atoms with Crippen molar-refractivity contribution in [3.8, 4) is 23.3 Å². The third-order valence-electron chi connectivity index (χ3n) is 12.0. The number of ether oxygens (including phenoxy) is 3. The summed E-state index contributed by atoms with van der Waals surface area (Å²) in [6, 6.07) is 28.5. The number of rotatable bonds is 17. The number of benzene rings is 4. The number of aryl methyl sites for hydroxylation is 2. The van der Waals surface area contributed by atoms with E-state index in [0.717, 1.165) is 47.1 Å². The SMILES string of the molecule is CO/N=C(/C1=NOCCO1)c1ccccc1Oc1ncnc(Oc2ccccc2Cl)c1F.Cc1nn(C)c(F)c1C(=O)Nc1ccccc1C(C)CC(C)C.OC(Cc1ccccc1Cl)(Cn1[nH]cnc1=S)C1(Cl)CC1. The first-order valence-electron chi connectivity index (χ1n) is 23.9.